The number of rotatable bonds is 3. The van der Waals surface area contributed by atoms with Gasteiger partial charge in [-0.15, -0.1) is 0 Å². The summed E-state index contributed by atoms with van der Waals surface area (Å²) in [5.41, 5.74) is 0.130. The molecule has 14 heavy (non-hydrogen) atoms. The fraction of sp³-hybridized carbons (Fsp3) is 0.333. The molecule has 1 aromatic rings. The van der Waals surface area contributed by atoms with Crippen LogP contribution in [-0.2, 0) is 0 Å². The third-order valence-corrected chi connectivity index (χ3v) is 1.72. The molecule has 0 aliphatic rings. The molecule has 0 aromatic carbocycles. The number of Topliss-reactive ketones (excluding diaryl/α,β-unsaturated/α-hetero) is 3. The number of imidazole rings is 1. The largest absolute Gasteiger partial charge is 0.332 e. The number of carbonyl (C=O) groups is 3. The zero-order valence-electron chi connectivity index (χ0n) is 8.17. The number of ketones is 3. The van der Waals surface area contributed by atoms with Crippen LogP contribution in [0.2, 0.25) is 0 Å². The van der Waals surface area contributed by atoms with Crippen molar-refractivity contribution in [2.45, 2.75) is 20.8 Å². The van der Waals surface area contributed by atoms with Gasteiger partial charge in [0, 0.05) is 20.8 Å². The minimum Gasteiger partial charge on any atom is -0.332 e. The number of H-pyrrole nitrogens is 1. The molecule has 0 fully saturated rings. The first kappa shape index (κ1) is 10.3. The molecule has 1 heterocycles. The van der Waals surface area contributed by atoms with E-state index in [1.54, 1.807) is 0 Å². The maximum atomic E-state index is 11.1. The maximum Gasteiger partial charge on any atom is 0.195 e. The Morgan fingerprint density at radius 2 is 1.57 bits per heavy atom. The molecule has 0 saturated heterocycles. The van der Waals surface area contributed by atoms with Gasteiger partial charge >= 0.3 is 0 Å². The average molecular weight is 194 g/mol. The molecule has 0 aliphatic heterocycles. The van der Waals surface area contributed by atoms with Crippen molar-refractivity contribution in [3.63, 3.8) is 0 Å². The van der Waals surface area contributed by atoms with Crippen LogP contribution in [0.1, 0.15) is 52.4 Å². The second-order valence-electron chi connectivity index (χ2n) is 2.98. The lowest BCUT2D eigenvalue weighted by atomic mass is 10.2. The van der Waals surface area contributed by atoms with Crippen LogP contribution in [0.15, 0.2) is 0 Å². The molecule has 0 unspecified atom stereocenters. The molecule has 0 atom stereocenters. The lowest BCUT2D eigenvalue weighted by Gasteiger charge is -1.90. The Morgan fingerprint density at radius 3 is 1.86 bits per heavy atom. The Balaban J connectivity index is 3.33. The number of aromatic amines is 1. The minimum absolute atomic E-state index is 0.0303. The van der Waals surface area contributed by atoms with Crippen LogP contribution < -0.4 is 0 Å². The van der Waals surface area contributed by atoms with E-state index in [0.29, 0.717) is 0 Å². The summed E-state index contributed by atoms with van der Waals surface area (Å²) in [6.45, 7) is 3.92. The third-order valence-electron chi connectivity index (χ3n) is 1.72. The van der Waals surface area contributed by atoms with E-state index in [-0.39, 0.29) is 34.6 Å². The van der Waals surface area contributed by atoms with Crippen LogP contribution >= 0.6 is 0 Å². The van der Waals surface area contributed by atoms with Crippen LogP contribution in [0.5, 0.6) is 0 Å². The van der Waals surface area contributed by atoms with E-state index in [2.05, 4.69) is 9.97 Å². The molecule has 1 N–H and O–H groups in total. The topological polar surface area (TPSA) is 79.9 Å². The Labute approximate surface area is 80.5 Å². The molecule has 0 amide bonds. The van der Waals surface area contributed by atoms with E-state index in [4.69, 9.17) is 0 Å². The Kier molecular flexibility index (Phi) is 2.60. The number of nitrogens with one attached hydrogen (secondary N) is 1. The van der Waals surface area contributed by atoms with Crippen LogP contribution in [0, 0.1) is 0 Å². The van der Waals surface area contributed by atoms with Gasteiger partial charge in [-0.3, -0.25) is 14.4 Å². The minimum atomic E-state index is -0.334. The first-order valence-corrected chi connectivity index (χ1v) is 4.06. The molecule has 0 bridgehead atoms. The standard InChI is InChI=1S/C9H10N2O3/c1-4(12)7-8(5(2)13)11-9(10-7)6(3)14/h1-3H3,(H,10,11). The molecule has 0 spiro atoms. The van der Waals surface area contributed by atoms with Gasteiger partial charge in [-0.1, -0.05) is 0 Å². The van der Waals surface area contributed by atoms with E-state index in [9.17, 15) is 14.4 Å². The molecule has 1 rings (SSSR count). The number of carbonyl (C=O) groups excluding carboxylic acids is 3. The van der Waals surface area contributed by atoms with Crippen molar-refractivity contribution in [1.29, 1.82) is 0 Å². The summed E-state index contributed by atoms with van der Waals surface area (Å²) < 4.78 is 0. The van der Waals surface area contributed by atoms with Gasteiger partial charge in [-0.2, -0.15) is 0 Å². The van der Waals surface area contributed by atoms with Gasteiger partial charge in [0.05, 0.1) is 0 Å². The number of aromatic nitrogens is 2. The quantitative estimate of drug-likeness (QED) is 0.728. The van der Waals surface area contributed by atoms with Crippen molar-refractivity contribution in [2.75, 3.05) is 0 Å². The van der Waals surface area contributed by atoms with E-state index >= 15 is 0 Å². The molecule has 1 aromatic heterocycles. The van der Waals surface area contributed by atoms with E-state index in [0.717, 1.165) is 0 Å². The first-order valence-electron chi connectivity index (χ1n) is 4.06. The summed E-state index contributed by atoms with van der Waals surface area (Å²) in [5.74, 6) is -0.908. The van der Waals surface area contributed by atoms with Gasteiger partial charge in [-0.05, 0) is 0 Å². The highest BCUT2D eigenvalue weighted by Crippen LogP contribution is 2.08. The second kappa shape index (κ2) is 3.53. The number of hydrogen-bond acceptors (Lipinski definition) is 4. The lowest BCUT2D eigenvalue weighted by molar-refractivity contribution is 0.0976. The van der Waals surface area contributed by atoms with Gasteiger partial charge in [0.2, 0.25) is 0 Å². The first-order chi connectivity index (χ1) is 6.43. The zero-order valence-corrected chi connectivity index (χ0v) is 8.17. The normalized spacial score (nSPS) is 9.93. The summed E-state index contributed by atoms with van der Waals surface area (Å²) in [6, 6.07) is 0. The number of hydrogen-bond donors (Lipinski definition) is 1. The average Bonchev–Trinajstić information content (AvgIpc) is 2.47. The molecule has 74 valence electrons. The predicted octanol–water partition coefficient (Wildman–Crippen LogP) is 1.02. The predicted molar refractivity (Wildman–Crippen MR) is 48.6 cm³/mol. The Hall–Kier alpha value is -1.78. The summed E-state index contributed by atoms with van der Waals surface area (Å²) in [6.07, 6.45) is 0. The smallest absolute Gasteiger partial charge is 0.195 e. The Morgan fingerprint density at radius 1 is 1.00 bits per heavy atom. The van der Waals surface area contributed by atoms with Crippen molar-refractivity contribution in [2.24, 2.45) is 0 Å². The maximum absolute atomic E-state index is 11.1. The zero-order chi connectivity index (χ0) is 10.9. The fourth-order valence-corrected chi connectivity index (χ4v) is 1.05. The molecule has 0 saturated carbocycles. The second-order valence-corrected chi connectivity index (χ2v) is 2.98. The highest BCUT2D eigenvalue weighted by atomic mass is 16.1. The van der Waals surface area contributed by atoms with Crippen LogP contribution in [-0.4, -0.2) is 27.3 Å². The van der Waals surface area contributed by atoms with E-state index in [1.807, 2.05) is 0 Å². The third kappa shape index (κ3) is 1.76. The molecule has 0 aliphatic carbocycles. The lowest BCUT2D eigenvalue weighted by Crippen LogP contribution is -2.02. The van der Waals surface area contributed by atoms with E-state index in [1.165, 1.54) is 20.8 Å². The van der Waals surface area contributed by atoms with Crippen LogP contribution in [0.3, 0.4) is 0 Å². The highest BCUT2D eigenvalue weighted by Gasteiger charge is 2.18. The summed E-state index contributed by atoms with van der Waals surface area (Å²) >= 11 is 0. The SMILES string of the molecule is CC(=O)c1nc(C(C)=O)c(C(C)=O)[nH]1. The van der Waals surface area contributed by atoms with Crippen molar-refractivity contribution in [3.05, 3.63) is 17.2 Å². The van der Waals surface area contributed by atoms with Gasteiger partial charge in [0.25, 0.3) is 0 Å². The molecule has 5 nitrogen and oxygen atoms in total. The summed E-state index contributed by atoms with van der Waals surface area (Å²) in [7, 11) is 0. The van der Waals surface area contributed by atoms with Gasteiger partial charge in [0.15, 0.2) is 23.2 Å². The fourth-order valence-electron chi connectivity index (χ4n) is 1.05. The highest BCUT2D eigenvalue weighted by molar-refractivity contribution is 6.06. The van der Waals surface area contributed by atoms with Gasteiger partial charge in [-0.25, -0.2) is 4.98 Å². The number of nitrogens with zero attached hydrogens (tertiary/aromatic N) is 1. The monoisotopic (exact) mass is 194 g/mol. The van der Waals surface area contributed by atoms with Crippen molar-refractivity contribution < 1.29 is 14.4 Å². The van der Waals surface area contributed by atoms with Crippen molar-refractivity contribution in [3.8, 4) is 0 Å². The van der Waals surface area contributed by atoms with Gasteiger partial charge < -0.3 is 4.98 Å². The van der Waals surface area contributed by atoms with Crippen LogP contribution in [0.25, 0.3) is 0 Å². The van der Waals surface area contributed by atoms with Crippen molar-refractivity contribution >= 4 is 17.3 Å². The molecular weight excluding hydrogens is 184 g/mol. The summed E-state index contributed by atoms with van der Waals surface area (Å²) in [5, 5.41) is 0. The molecular formula is C9H10N2O3. The molecule has 5 heteroatoms. The van der Waals surface area contributed by atoms with Crippen LogP contribution in [0.4, 0.5) is 0 Å². The summed E-state index contributed by atoms with van der Waals surface area (Å²) in [4.78, 5) is 39.4. The van der Waals surface area contributed by atoms with Gasteiger partial charge in [0.1, 0.15) is 11.4 Å². The Bertz CT molecular complexity index is 386. The van der Waals surface area contributed by atoms with E-state index < -0.39 is 0 Å². The van der Waals surface area contributed by atoms with Crippen molar-refractivity contribution in [1.82, 2.24) is 9.97 Å². The molecule has 0 radical (unpaired) electrons.